The van der Waals surface area contributed by atoms with Gasteiger partial charge in [0.2, 0.25) is 0 Å². The Hall–Kier alpha value is -1.84. The van der Waals surface area contributed by atoms with Crippen LogP contribution in [0.2, 0.25) is 0 Å². The van der Waals surface area contributed by atoms with Crippen LogP contribution in [0, 0.1) is 0 Å². The Kier molecular flexibility index (Phi) is 5.37. The molecule has 0 spiro atoms. The predicted octanol–water partition coefficient (Wildman–Crippen LogP) is 2.87. The third kappa shape index (κ3) is 3.84. The van der Waals surface area contributed by atoms with Crippen LogP contribution >= 0.6 is 12.4 Å². The SMILES string of the molecule is Cl.O=C(OCc1ccccc1)[C@@H]1Cc2ccccc2CN1. The first-order valence-corrected chi connectivity index (χ1v) is 6.83. The molecule has 3 nitrogen and oxygen atoms in total. The lowest BCUT2D eigenvalue weighted by molar-refractivity contribution is -0.147. The molecule has 0 aliphatic carbocycles. The highest BCUT2D eigenvalue weighted by Gasteiger charge is 2.24. The van der Waals surface area contributed by atoms with Crippen molar-refractivity contribution in [1.82, 2.24) is 5.32 Å². The second-order valence-electron chi connectivity index (χ2n) is 5.00. The maximum Gasteiger partial charge on any atom is 0.323 e. The minimum absolute atomic E-state index is 0. The minimum atomic E-state index is -0.242. The summed E-state index contributed by atoms with van der Waals surface area (Å²) in [7, 11) is 0. The molecule has 0 amide bonds. The lowest BCUT2D eigenvalue weighted by atomic mass is 9.96. The molecule has 1 N–H and O–H groups in total. The molecule has 1 heterocycles. The zero-order valence-corrected chi connectivity index (χ0v) is 12.4. The molecule has 0 radical (unpaired) electrons. The van der Waals surface area contributed by atoms with Crippen molar-refractivity contribution in [3.63, 3.8) is 0 Å². The third-order valence-corrected chi connectivity index (χ3v) is 3.59. The van der Waals surface area contributed by atoms with E-state index in [2.05, 4.69) is 17.4 Å². The van der Waals surface area contributed by atoms with Crippen LogP contribution in [0.4, 0.5) is 0 Å². The zero-order valence-electron chi connectivity index (χ0n) is 11.6. The van der Waals surface area contributed by atoms with Gasteiger partial charge in [-0.15, -0.1) is 12.4 Å². The number of fused-ring (bicyclic) bond motifs is 1. The number of ether oxygens (including phenoxy) is 1. The molecule has 2 aromatic rings. The molecule has 0 bridgehead atoms. The van der Waals surface area contributed by atoms with Gasteiger partial charge >= 0.3 is 5.97 Å². The number of hydrogen-bond acceptors (Lipinski definition) is 3. The molecule has 1 atom stereocenters. The van der Waals surface area contributed by atoms with Crippen molar-refractivity contribution in [2.45, 2.75) is 25.6 Å². The quantitative estimate of drug-likeness (QED) is 0.886. The van der Waals surface area contributed by atoms with Crippen LogP contribution in [-0.2, 0) is 29.1 Å². The fraction of sp³-hybridized carbons (Fsp3) is 0.235. The summed E-state index contributed by atoms with van der Waals surface area (Å²) < 4.78 is 5.38. The Morgan fingerprint density at radius 3 is 2.48 bits per heavy atom. The van der Waals surface area contributed by atoms with E-state index in [0.717, 1.165) is 12.1 Å². The fourth-order valence-electron chi connectivity index (χ4n) is 2.45. The van der Waals surface area contributed by atoms with E-state index >= 15 is 0 Å². The first-order valence-electron chi connectivity index (χ1n) is 6.83. The predicted molar refractivity (Wildman–Crippen MR) is 84.3 cm³/mol. The lowest BCUT2D eigenvalue weighted by Crippen LogP contribution is -2.42. The number of halogens is 1. The number of benzene rings is 2. The van der Waals surface area contributed by atoms with E-state index < -0.39 is 0 Å². The fourth-order valence-corrected chi connectivity index (χ4v) is 2.45. The van der Waals surface area contributed by atoms with E-state index in [1.54, 1.807) is 0 Å². The smallest absolute Gasteiger partial charge is 0.323 e. The van der Waals surface area contributed by atoms with E-state index in [-0.39, 0.29) is 24.4 Å². The topological polar surface area (TPSA) is 38.3 Å². The van der Waals surface area contributed by atoms with Crippen molar-refractivity contribution >= 4 is 18.4 Å². The maximum atomic E-state index is 12.1. The zero-order chi connectivity index (χ0) is 13.8. The normalized spacial score (nSPS) is 16.5. The molecule has 0 unspecified atom stereocenters. The van der Waals surface area contributed by atoms with Gasteiger partial charge in [-0.1, -0.05) is 54.6 Å². The van der Waals surface area contributed by atoms with Crippen molar-refractivity contribution in [3.05, 3.63) is 71.3 Å². The van der Waals surface area contributed by atoms with Gasteiger partial charge in [0.25, 0.3) is 0 Å². The summed E-state index contributed by atoms with van der Waals surface area (Å²) in [4.78, 5) is 12.1. The van der Waals surface area contributed by atoms with Gasteiger partial charge < -0.3 is 10.1 Å². The second kappa shape index (κ2) is 7.25. The van der Waals surface area contributed by atoms with Crippen molar-refractivity contribution in [2.75, 3.05) is 0 Å². The largest absolute Gasteiger partial charge is 0.460 e. The molecular formula is C17H18ClNO2. The molecule has 0 fully saturated rings. The van der Waals surface area contributed by atoms with Gasteiger partial charge in [-0.2, -0.15) is 0 Å². The van der Waals surface area contributed by atoms with E-state index in [0.29, 0.717) is 13.0 Å². The monoisotopic (exact) mass is 303 g/mol. The van der Waals surface area contributed by atoms with Crippen LogP contribution in [-0.4, -0.2) is 12.0 Å². The molecule has 4 heteroatoms. The van der Waals surface area contributed by atoms with Gasteiger partial charge in [0, 0.05) is 6.54 Å². The molecule has 1 aliphatic heterocycles. The summed E-state index contributed by atoms with van der Waals surface area (Å²) in [6, 6.07) is 17.7. The summed E-state index contributed by atoms with van der Waals surface area (Å²) >= 11 is 0. The molecule has 0 aromatic heterocycles. The number of rotatable bonds is 3. The Labute approximate surface area is 130 Å². The highest BCUT2D eigenvalue weighted by molar-refractivity contribution is 5.85. The Balaban J connectivity index is 0.00000161. The van der Waals surface area contributed by atoms with Gasteiger partial charge in [-0.05, 0) is 23.1 Å². The van der Waals surface area contributed by atoms with Crippen LogP contribution in [0.1, 0.15) is 16.7 Å². The van der Waals surface area contributed by atoms with Crippen molar-refractivity contribution in [2.24, 2.45) is 0 Å². The Morgan fingerprint density at radius 1 is 1.05 bits per heavy atom. The standard InChI is InChI=1S/C17H17NO2.ClH/c19-17(20-12-13-6-2-1-3-7-13)16-10-14-8-4-5-9-15(14)11-18-16;/h1-9,16,18H,10-12H2;1H/t16-;/m0./s1. The van der Waals surface area contributed by atoms with E-state index in [1.807, 2.05) is 42.5 Å². The minimum Gasteiger partial charge on any atom is -0.460 e. The molecule has 3 rings (SSSR count). The number of hydrogen-bond donors (Lipinski definition) is 1. The van der Waals surface area contributed by atoms with Gasteiger partial charge in [-0.3, -0.25) is 4.79 Å². The molecule has 1 aliphatic rings. The van der Waals surface area contributed by atoms with Crippen LogP contribution < -0.4 is 5.32 Å². The summed E-state index contributed by atoms with van der Waals surface area (Å²) in [6.45, 7) is 1.06. The number of nitrogens with one attached hydrogen (secondary N) is 1. The number of carbonyl (C=O) groups is 1. The van der Waals surface area contributed by atoms with Crippen LogP contribution in [0.5, 0.6) is 0 Å². The third-order valence-electron chi connectivity index (χ3n) is 3.59. The molecular weight excluding hydrogens is 286 g/mol. The highest BCUT2D eigenvalue weighted by Crippen LogP contribution is 2.17. The molecule has 2 aromatic carbocycles. The molecule has 0 saturated heterocycles. The van der Waals surface area contributed by atoms with Crippen LogP contribution in [0.15, 0.2) is 54.6 Å². The van der Waals surface area contributed by atoms with Crippen LogP contribution in [0.3, 0.4) is 0 Å². The summed E-state index contributed by atoms with van der Waals surface area (Å²) in [5.74, 6) is -0.177. The summed E-state index contributed by atoms with van der Waals surface area (Å²) in [6.07, 6.45) is 0.698. The summed E-state index contributed by atoms with van der Waals surface area (Å²) in [5, 5.41) is 3.24. The second-order valence-corrected chi connectivity index (χ2v) is 5.00. The van der Waals surface area contributed by atoms with Gasteiger partial charge in [0.15, 0.2) is 0 Å². The first-order chi connectivity index (χ1) is 9.83. The molecule has 0 saturated carbocycles. The molecule has 21 heavy (non-hydrogen) atoms. The highest BCUT2D eigenvalue weighted by atomic mass is 35.5. The van der Waals surface area contributed by atoms with Crippen molar-refractivity contribution < 1.29 is 9.53 Å². The lowest BCUT2D eigenvalue weighted by Gasteiger charge is -2.24. The average molecular weight is 304 g/mol. The van der Waals surface area contributed by atoms with E-state index in [1.165, 1.54) is 11.1 Å². The van der Waals surface area contributed by atoms with E-state index in [4.69, 9.17) is 4.74 Å². The summed E-state index contributed by atoms with van der Waals surface area (Å²) in [5.41, 5.74) is 3.50. The average Bonchev–Trinajstić information content (AvgIpc) is 2.53. The maximum absolute atomic E-state index is 12.1. The Bertz CT molecular complexity index is 601. The Morgan fingerprint density at radius 2 is 1.71 bits per heavy atom. The van der Waals surface area contributed by atoms with Crippen LogP contribution in [0.25, 0.3) is 0 Å². The number of carbonyl (C=O) groups excluding carboxylic acids is 1. The molecule has 110 valence electrons. The first kappa shape index (κ1) is 15.5. The van der Waals surface area contributed by atoms with Gasteiger partial charge in [0.1, 0.15) is 12.6 Å². The van der Waals surface area contributed by atoms with Crippen molar-refractivity contribution in [1.29, 1.82) is 0 Å². The van der Waals surface area contributed by atoms with E-state index in [9.17, 15) is 4.79 Å². The van der Waals surface area contributed by atoms with Gasteiger partial charge in [0.05, 0.1) is 0 Å². The van der Waals surface area contributed by atoms with Crippen molar-refractivity contribution in [3.8, 4) is 0 Å². The number of esters is 1. The van der Waals surface area contributed by atoms with Gasteiger partial charge in [-0.25, -0.2) is 0 Å².